The number of ether oxygens (including phenoxy) is 2. The third-order valence-corrected chi connectivity index (χ3v) is 6.36. The van der Waals surface area contributed by atoms with E-state index in [9.17, 15) is 14.4 Å². The second-order valence-corrected chi connectivity index (χ2v) is 10.9. The summed E-state index contributed by atoms with van der Waals surface area (Å²) >= 11 is 0. The summed E-state index contributed by atoms with van der Waals surface area (Å²) < 4.78 is 11.5. The summed E-state index contributed by atoms with van der Waals surface area (Å²) in [6, 6.07) is 6.21. The molecule has 8 heteroatoms. The van der Waals surface area contributed by atoms with Gasteiger partial charge in [-0.1, -0.05) is 40.7 Å². The maximum absolute atomic E-state index is 13.8. The number of nitrogens with zero attached hydrogens (tertiary/aromatic N) is 2. The standard InChI is InChI=1S/C26H39N3O5/c1-18(2)16-27-23(31)21-17-34-26(10-12-28(13-11-26)22(30)15-25(3,4)5)29(21)24(32)19-8-7-9-20(14-19)33-6/h7-9,14,18,21H,10-13,15-17H2,1-6H3,(H,27,31). The van der Waals surface area contributed by atoms with E-state index < -0.39 is 11.8 Å². The first-order valence-electron chi connectivity index (χ1n) is 12.1. The highest BCUT2D eigenvalue weighted by Crippen LogP contribution is 2.39. The number of amides is 3. The fourth-order valence-corrected chi connectivity index (χ4v) is 4.56. The molecule has 2 aliphatic rings. The van der Waals surface area contributed by atoms with Crippen LogP contribution in [0, 0.1) is 11.3 Å². The van der Waals surface area contributed by atoms with E-state index in [4.69, 9.17) is 9.47 Å². The Morgan fingerprint density at radius 1 is 1.21 bits per heavy atom. The quantitative estimate of drug-likeness (QED) is 0.686. The average Bonchev–Trinajstić information content (AvgIpc) is 3.14. The van der Waals surface area contributed by atoms with Crippen molar-refractivity contribution in [2.75, 3.05) is 33.4 Å². The van der Waals surface area contributed by atoms with Crippen molar-refractivity contribution in [3.63, 3.8) is 0 Å². The van der Waals surface area contributed by atoms with E-state index in [0.29, 0.717) is 56.1 Å². The molecule has 1 atom stereocenters. The lowest BCUT2D eigenvalue weighted by atomic mass is 9.90. The first-order valence-corrected chi connectivity index (χ1v) is 12.1. The molecular weight excluding hydrogens is 434 g/mol. The van der Waals surface area contributed by atoms with Gasteiger partial charge in [-0.25, -0.2) is 0 Å². The molecule has 0 radical (unpaired) electrons. The van der Waals surface area contributed by atoms with E-state index in [2.05, 4.69) is 5.32 Å². The van der Waals surface area contributed by atoms with Gasteiger partial charge in [0, 0.05) is 44.5 Å². The minimum atomic E-state index is -0.918. The van der Waals surface area contributed by atoms with Gasteiger partial charge >= 0.3 is 0 Å². The second kappa shape index (κ2) is 10.3. The number of benzene rings is 1. The van der Waals surface area contributed by atoms with Crippen LogP contribution < -0.4 is 10.1 Å². The smallest absolute Gasteiger partial charge is 0.257 e. The molecule has 1 aromatic carbocycles. The van der Waals surface area contributed by atoms with E-state index in [1.807, 2.05) is 39.5 Å². The fourth-order valence-electron chi connectivity index (χ4n) is 4.56. The van der Waals surface area contributed by atoms with Gasteiger partial charge in [0.1, 0.15) is 17.5 Å². The Bertz CT molecular complexity index is 900. The lowest BCUT2D eigenvalue weighted by molar-refractivity contribution is -0.145. The van der Waals surface area contributed by atoms with Crippen molar-refractivity contribution < 1.29 is 23.9 Å². The van der Waals surface area contributed by atoms with Crippen LogP contribution in [0.4, 0.5) is 0 Å². The third kappa shape index (κ3) is 5.90. The zero-order valence-corrected chi connectivity index (χ0v) is 21.3. The molecule has 0 aliphatic carbocycles. The van der Waals surface area contributed by atoms with Crippen LogP contribution in [0.2, 0.25) is 0 Å². The molecule has 3 rings (SSSR count). The lowest BCUT2D eigenvalue weighted by Gasteiger charge is -2.45. The summed E-state index contributed by atoms with van der Waals surface area (Å²) in [5.41, 5.74) is -0.570. The van der Waals surface area contributed by atoms with Crippen LogP contribution in [0.3, 0.4) is 0 Å². The Morgan fingerprint density at radius 2 is 1.88 bits per heavy atom. The molecule has 0 saturated carbocycles. The Kier molecular flexibility index (Phi) is 7.91. The van der Waals surface area contributed by atoms with Gasteiger partial charge in [-0.05, 0) is 29.5 Å². The first-order chi connectivity index (χ1) is 16.0. The van der Waals surface area contributed by atoms with E-state index in [-0.39, 0.29) is 29.7 Å². The van der Waals surface area contributed by atoms with Gasteiger partial charge < -0.3 is 19.7 Å². The largest absolute Gasteiger partial charge is 0.497 e. The molecule has 1 aromatic rings. The SMILES string of the molecule is COc1cccc(C(=O)N2C(C(=O)NCC(C)C)COC23CCN(C(=O)CC(C)(C)C)CC3)c1. The van der Waals surface area contributed by atoms with Crippen molar-refractivity contribution in [1.29, 1.82) is 0 Å². The van der Waals surface area contributed by atoms with Crippen molar-refractivity contribution in [3.05, 3.63) is 29.8 Å². The number of hydrogen-bond acceptors (Lipinski definition) is 5. The second-order valence-electron chi connectivity index (χ2n) is 10.9. The molecule has 1 spiro atoms. The fraction of sp³-hybridized carbons (Fsp3) is 0.654. The number of likely N-dealkylation sites (tertiary alicyclic amines) is 1. The Balaban J connectivity index is 1.85. The van der Waals surface area contributed by atoms with Crippen molar-refractivity contribution >= 4 is 17.7 Å². The monoisotopic (exact) mass is 473 g/mol. The molecule has 8 nitrogen and oxygen atoms in total. The molecule has 34 heavy (non-hydrogen) atoms. The predicted octanol–water partition coefficient (Wildman–Crippen LogP) is 3.06. The molecule has 2 fully saturated rings. The highest BCUT2D eigenvalue weighted by molar-refractivity contribution is 5.98. The number of carbonyl (C=O) groups excluding carboxylic acids is 3. The average molecular weight is 474 g/mol. The number of rotatable bonds is 6. The lowest BCUT2D eigenvalue weighted by Crippen LogP contribution is -2.60. The minimum Gasteiger partial charge on any atom is -0.497 e. The highest BCUT2D eigenvalue weighted by atomic mass is 16.5. The first kappa shape index (κ1) is 26.0. The number of methoxy groups -OCH3 is 1. The van der Waals surface area contributed by atoms with Crippen LogP contribution in [-0.2, 0) is 14.3 Å². The Labute approximate surface area is 202 Å². The number of carbonyl (C=O) groups is 3. The summed E-state index contributed by atoms with van der Waals surface area (Å²) in [5.74, 6) is 0.490. The minimum absolute atomic E-state index is 0.0932. The summed E-state index contributed by atoms with van der Waals surface area (Å²) in [6.45, 7) is 11.8. The predicted molar refractivity (Wildman–Crippen MR) is 129 cm³/mol. The molecule has 2 saturated heterocycles. The van der Waals surface area contributed by atoms with Gasteiger partial charge in [-0.2, -0.15) is 0 Å². The molecule has 1 unspecified atom stereocenters. The van der Waals surface area contributed by atoms with Crippen LogP contribution in [0.1, 0.15) is 64.2 Å². The van der Waals surface area contributed by atoms with Gasteiger partial charge in [-0.3, -0.25) is 19.3 Å². The molecule has 188 valence electrons. The highest BCUT2D eigenvalue weighted by Gasteiger charge is 2.54. The van der Waals surface area contributed by atoms with Crippen LogP contribution in [0.25, 0.3) is 0 Å². The topological polar surface area (TPSA) is 88.2 Å². The van der Waals surface area contributed by atoms with Gasteiger partial charge in [0.25, 0.3) is 5.91 Å². The molecule has 2 aliphatic heterocycles. The molecular formula is C26H39N3O5. The Hall–Kier alpha value is -2.61. The summed E-state index contributed by atoms with van der Waals surface area (Å²) in [4.78, 5) is 43.1. The van der Waals surface area contributed by atoms with Crippen molar-refractivity contribution in [3.8, 4) is 5.75 Å². The van der Waals surface area contributed by atoms with Gasteiger partial charge in [0.2, 0.25) is 11.8 Å². The molecule has 1 N–H and O–H groups in total. The zero-order chi connectivity index (χ0) is 25.1. The molecule has 2 heterocycles. The summed E-state index contributed by atoms with van der Waals surface area (Å²) in [7, 11) is 1.55. The van der Waals surface area contributed by atoms with E-state index >= 15 is 0 Å². The number of piperidine rings is 1. The normalized spacial score (nSPS) is 20.0. The van der Waals surface area contributed by atoms with Crippen molar-refractivity contribution in [2.24, 2.45) is 11.3 Å². The Morgan fingerprint density at radius 3 is 2.47 bits per heavy atom. The maximum atomic E-state index is 13.8. The number of nitrogens with one attached hydrogen (secondary N) is 1. The van der Waals surface area contributed by atoms with E-state index in [1.165, 1.54) is 0 Å². The molecule has 0 aromatic heterocycles. The third-order valence-electron chi connectivity index (χ3n) is 6.36. The van der Waals surface area contributed by atoms with Crippen LogP contribution >= 0.6 is 0 Å². The zero-order valence-electron chi connectivity index (χ0n) is 21.3. The summed E-state index contributed by atoms with van der Waals surface area (Å²) in [5, 5.41) is 2.96. The molecule has 3 amide bonds. The molecule has 0 bridgehead atoms. The van der Waals surface area contributed by atoms with Gasteiger partial charge in [0.05, 0.1) is 13.7 Å². The van der Waals surface area contributed by atoms with Crippen molar-refractivity contribution in [1.82, 2.24) is 15.1 Å². The summed E-state index contributed by atoms with van der Waals surface area (Å²) in [6.07, 6.45) is 1.40. The van der Waals surface area contributed by atoms with Crippen LogP contribution in [0.5, 0.6) is 5.75 Å². The van der Waals surface area contributed by atoms with Crippen LogP contribution in [-0.4, -0.2) is 72.6 Å². The number of hydrogen-bond donors (Lipinski definition) is 1. The van der Waals surface area contributed by atoms with Crippen molar-refractivity contribution in [2.45, 2.75) is 65.6 Å². The van der Waals surface area contributed by atoms with E-state index in [1.54, 1.807) is 36.3 Å². The van der Waals surface area contributed by atoms with Gasteiger partial charge in [-0.15, -0.1) is 0 Å². The van der Waals surface area contributed by atoms with Crippen LogP contribution in [0.15, 0.2) is 24.3 Å². The van der Waals surface area contributed by atoms with E-state index in [0.717, 1.165) is 0 Å². The maximum Gasteiger partial charge on any atom is 0.257 e. The van der Waals surface area contributed by atoms with Gasteiger partial charge in [0.15, 0.2) is 0 Å².